The average molecular weight is 240 g/mol. The van der Waals surface area contributed by atoms with Gasteiger partial charge in [0, 0.05) is 10.8 Å². The summed E-state index contributed by atoms with van der Waals surface area (Å²) in [4.78, 5) is 10.8. The Morgan fingerprint density at radius 2 is 2.25 bits per heavy atom. The molecule has 0 spiro atoms. The van der Waals surface area contributed by atoms with E-state index in [1.54, 1.807) is 6.92 Å². The minimum absolute atomic E-state index is 0.0852. The minimum Gasteiger partial charge on any atom is -0.475 e. The molecule has 0 saturated heterocycles. The van der Waals surface area contributed by atoms with Gasteiger partial charge in [-0.05, 0) is 25.8 Å². The first-order valence-electron chi connectivity index (χ1n) is 5.61. The summed E-state index contributed by atoms with van der Waals surface area (Å²) < 4.78 is 5.32. The number of aryl methyl sites for hydroxylation is 1. The fraction of sp³-hybridized carbons (Fsp3) is 0.583. The van der Waals surface area contributed by atoms with Gasteiger partial charge in [-0.2, -0.15) is 11.8 Å². The van der Waals surface area contributed by atoms with Gasteiger partial charge >= 0.3 is 5.97 Å². The van der Waals surface area contributed by atoms with E-state index in [9.17, 15) is 4.79 Å². The van der Waals surface area contributed by atoms with Crippen molar-refractivity contribution in [2.24, 2.45) is 0 Å². The number of rotatable bonds is 4. The van der Waals surface area contributed by atoms with Crippen molar-refractivity contribution in [3.63, 3.8) is 0 Å². The van der Waals surface area contributed by atoms with Gasteiger partial charge in [-0.1, -0.05) is 12.8 Å². The van der Waals surface area contributed by atoms with E-state index < -0.39 is 5.97 Å². The third kappa shape index (κ3) is 2.61. The van der Waals surface area contributed by atoms with Crippen LogP contribution in [0, 0.1) is 6.92 Å². The summed E-state index contributed by atoms with van der Waals surface area (Å²) >= 11 is 1.88. The molecule has 2 rings (SSSR count). The van der Waals surface area contributed by atoms with Gasteiger partial charge in [0.2, 0.25) is 5.76 Å². The predicted molar refractivity (Wildman–Crippen MR) is 64.0 cm³/mol. The van der Waals surface area contributed by atoms with E-state index >= 15 is 0 Å². The van der Waals surface area contributed by atoms with E-state index in [0.717, 1.165) is 22.3 Å². The Hall–Kier alpha value is -0.900. The molecule has 1 fully saturated rings. The number of carbonyl (C=O) groups is 1. The maximum Gasteiger partial charge on any atom is 0.372 e. The highest BCUT2D eigenvalue weighted by molar-refractivity contribution is 7.99. The molecule has 0 bridgehead atoms. The lowest BCUT2D eigenvalue weighted by atomic mass is 10.3. The van der Waals surface area contributed by atoms with Gasteiger partial charge in [0.05, 0.1) is 5.75 Å². The first-order chi connectivity index (χ1) is 7.66. The fourth-order valence-electron chi connectivity index (χ4n) is 2.09. The third-order valence-corrected chi connectivity index (χ3v) is 4.32. The van der Waals surface area contributed by atoms with Crippen molar-refractivity contribution in [2.75, 3.05) is 0 Å². The van der Waals surface area contributed by atoms with Gasteiger partial charge in [0.1, 0.15) is 5.76 Å². The van der Waals surface area contributed by atoms with E-state index in [2.05, 4.69) is 0 Å². The molecule has 0 atom stereocenters. The van der Waals surface area contributed by atoms with Crippen LogP contribution in [0.25, 0.3) is 0 Å². The van der Waals surface area contributed by atoms with E-state index in [1.807, 2.05) is 17.8 Å². The van der Waals surface area contributed by atoms with Crippen LogP contribution in [0.1, 0.15) is 47.6 Å². The van der Waals surface area contributed by atoms with Gasteiger partial charge < -0.3 is 9.52 Å². The van der Waals surface area contributed by atoms with E-state index in [4.69, 9.17) is 9.52 Å². The lowest BCUT2D eigenvalue weighted by molar-refractivity contribution is 0.0659. The maximum atomic E-state index is 10.8. The summed E-state index contributed by atoms with van der Waals surface area (Å²) in [6.45, 7) is 1.77. The van der Waals surface area contributed by atoms with Gasteiger partial charge in [0.15, 0.2) is 0 Å². The normalized spacial score (nSPS) is 16.8. The zero-order valence-electron chi connectivity index (χ0n) is 9.36. The molecule has 0 radical (unpaired) electrons. The van der Waals surface area contributed by atoms with Gasteiger partial charge in [-0.25, -0.2) is 4.79 Å². The molecular weight excluding hydrogens is 224 g/mol. The Kier molecular flexibility index (Phi) is 3.59. The highest BCUT2D eigenvalue weighted by atomic mass is 32.2. The van der Waals surface area contributed by atoms with Crippen LogP contribution < -0.4 is 0 Å². The SMILES string of the molecule is Cc1cc(CSC2CCCC2)oc1C(=O)O. The summed E-state index contributed by atoms with van der Waals surface area (Å²) in [6.07, 6.45) is 5.23. The van der Waals surface area contributed by atoms with Gasteiger partial charge in [-0.15, -0.1) is 0 Å². The Morgan fingerprint density at radius 3 is 2.81 bits per heavy atom. The van der Waals surface area contributed by atoms with Crippen LogP contribution >= 0.6 is 11.8 Å². The third-order valence-electron chi connectivity index (χ3n) is 2.93. The van der Waals surface area contributed by atoms with Crippen molar-refractivity contribution in [3.8, 4) is 0 Å². The van der Waals surface area contributed by atoms with E-state index in [-0.39, 0.29) is 5.76 Å². The lowest BCUT2D eigenvalue weighted by Crippen LogP contribution is -1.95. The van der Waals surface area contributed by atoms with Crippen LogP contribution in [0.2, 0.25) is 0 Å². The molecule has 0 aromatic carbocycles. The standard InChI is InChI=1S/C12H16O3S/c1-8-6-9(15-11(8)12(13)14)7-16-10-4-2-3-5-10/h6,10H,2-5,7H2,1H3,(H,13,14). The topological polar surface area (TPSA) is 50.4 Å². The molecule has 1 aliphatic carbocycles. The summed E-state index contributed by atoms with van der Waals surface area (Å²) in [5.74, 6) is 0.683. The summed E-state index contributed by atoms with van der Waals surface area (Å²) in [6, 6.07) is 1.84. The quantitative estimate of drug-likeness (QED) is 0.875. The molecule has 88 valence electrons. The molecule has 1 heterocycles. The molecule has 0 unspecified atom stereocenters. The molecular formula is C12H16O3S. The van der Waals surface area contributed by atoms with Crippen molar-refractivity contribution >= 4 is 17.7 Å². The molecule has 1 saturated carbocycles. The number of furan rings is 1. The summed E-state index contributed by atoms with van der Waals surface area (Å²) in [5.41, 5.74) is 0.717. The Labute approximate surface area is 99.2 Å². The van der Waals surface area contributed by atoms with Gasteiger partial charge in [-0.3, -0.25) is 0 Å². The number of thioether (sulfide) groups is 1. The molecule has 1 aliphatic rings. The number of aromatic carboxylic acids is 1. The fourth-order valence-corrected chi connectivity index (χ4v) is 3.30. The molecule has 0 aliphatic heterocycles. The van der Waals surface area contributed by atoms with Crippen LogP contribution in [-0.2, 0) is 5.75 Å². The van der Waals surface area contributed by atoms with E-state index in [0.29, 0.717) is 0 Å². The lowest BCUT2D eigenvalue weighted by Gasteiger charge is -2.05. The van der Waals surface area contributed by atoms with Crippen LogP contribution in [0.15, 0.2) is 10.5 Å². The molecule has 1 N–H and O–H groups in total. The van der Waals surface area contributed by atoms with Crippen LogP contribution in [0.4, 0.5) is 0 Å². The van der Waals surface area contributed by atoms with Crippen LogP contribution in [0.3, 0.4) is 0 Å². The van der Waals surface area contributed by atoms with Crippen molar-refractivity contribution in [3.05, 3.63) is 23.2 Å². The number of carboxylic acids is 1. The van der Waals surface area contributed by atoms with Crippen molar-refractivity contribution < 1.29 is 14.3 Å². The molecule has 3 nitrogen and oxygen atoms in total. The van der Waals surface area contributed by atoms with Gasteiger partial charge in [0.25, 0.3) is 0 Å². The van der Waals surface area contributed by atoms with Crippen LogP contribution in [0.5, 0.6) is 0 Å². The maximum absolute atomic E-state index is 10.8. The van der Waals surface area contributed by atoms with E-state index in [1.165, 1.54) is 25.7 Å². The molecule has 0 amide bonds. The number of carboxylic acid groups (broad SMARTS) is 1. The first kappa shape index (κ1) is 11.6. The second-order valence-electron chi connectivity index (χ2n) is 4.25. The zero-order chi connectivity index (χ0) is 11.5. The summed E-state index contributed by atoms with van der Waals surface area (Å²) in [7, 11) is 0. The summed E-state index contributed by atoms with van der Waals surface area (Å²) in [5, 5.41) is 9.59. The highest BCUT2D eigenvalue weighted by Crippen LogP contribution is 2.32. The van der Waals surface area contributed by atoms with Crippen LogP contribution in [-0.4, -0.2) is 16.3 Å². The smallest absolute Gasteiger partial charge is 0.372 e. The molecule has 16 heavy (non-hydrogen) atoms. The second-order valence-corrected chi connectivity index (χ2v) is 5.54. The average Bonchev–Trinajstić information content (AvgIpc) is 2.83. The number of hydrogen-bond acceptors (Lipinski definition) is 3. The molecule has 4 heteroatoms. The Balaban J connectivity index is 1.94. The molecule has 1 aromatic heterocycles. The van der Waals surface area contributed by atoms with Crippen molar-refractivity contribution in [1.29, 1.82) is 0 Å². The van der Waals surface area contributed by atoms with Crippen molar-refractivity contribution in [2.45, 2.75) is 43.6 Å². The number of hydrogen-bond donors (Lipinski definition) is 1. The predicted octanol–water partition coefficient (Wildman–Crippen LogP) is 3.46. The largest absolute Gasteiger partial charge is 0.475 e. The minimum atomic E-state index is -0.977. The second kappa shape index (κ2) is 4.95. The molecule has 1 aromatic rings. The monoisotopic (exact) mass is 240 g/mol. The highest BCUT2D eigenvalue weighted by Gasteiger charge is 2.18. The first-order valence-corrected chi connectivity index (χ1v) is 6.66. The zero-order valence-corrected chi connectivity index (χ0v) is 10.2. The Bertz CT molecular complexity index is 378. The van der Waals surface area contributed by atoms with Crippen molar-refractivity contribution in [1.82, 2.24) is 0 Å². The Morgan fingerprint density at radius 1 is 1.56 bits per heavy atom.